The van der Waals surface area contributed by atoms with Crippen molar-refractivity contribution >= 4 is 51.2 Å². The molecule has 0 aliphatic rings. The Hall–Kier alpha value is -9.96. The third-order valence-electron chi connectivity index (χ3n) is 15.5. The molecule has 392 valence electrons. The van der Waals surface area contributed by atoms with E-state index in [4.69, 9.17) is 0 Å². The molecule has 0 radical (unpaired) electrons. The SMILES string of the molecule is Cc1ccc(N(c2ccc(C)cc2-c2ccc(N(c3ccccc3)c3ccccc3)cc2)c2ccc(C)cc2-c2ccc(N(c3ccccc3)c3ccccc3)cc2)c(-c2ccc(CC(Cc3ccccc3)c3ccccc3)cc2)c1. The molecule has 0 aromatic heterocycles. The summed E-state index contributed by atoms with van der Waals surface area (Å²) in [7, 11) is 0. The van der Waals surface area contributed by atoms with Gasteiger partial charge in [-0.25, -0.2) is 0 Å². The Kier molecular flexibility index (Phi) is 15.3. The average molecular weight is 1040 g/mol. The van der Waals surface area contributed by atoms with Crippen LogP contribution in [0.3, 0.4) is 0 Å². The minimum Gasteiger partial charge on any atom is -0.311 e. The Morgan fingerprint density at radius 1 is 0.247 bits per heavy atom. The fourth-order valence-corrected chi connectivity index (χ4v) is 11.4. The monoisotopic (exact) mass is 1040 g/mol. The molecule has 0 heterocycles. The first-order valence-corrected chi connectivity index (χ1v) is 28.2. The normalized spacial score (nSPS) is 11.4. The fraction of sp³-hybridized carbons (Fsp3) is 0.0769. The van der Waals surface area contributed by atoms with Crippen LogP contribution in [0.25, 0.3) is 33.4 Å². The van der Waals surface area contributed by atoms with Crippen LogP contribution < -0.4 is 14.7 Å². The van der Waals surface area contributed by atoms with Crippen LogP contribution in [0.5, 0.6) is 0 Å². The number of benzene rings is 12. The first-order chi connectivity index (χ1) is 39.9. The van der Waals surface area contributed by atoms with Gasteiger partial charge in [-0.1, -0.05) is 217 Å². The van der Waals surface area contributed by atoms with Crippen molar-refractivity contribution in [2.45, 2.75) is 39.5 Å². The maximum Gasteiger partial charge on any atom is 0.0540 e. The van der Waals surface area contributed by atoms with E-state index in [1.807, 2.05) is 0 Å². The highest BCUT2D eigenvalue weighted by Crippen LogP contribution is 2.49. The lowest BCUT2D eigenvalue weighted by atomic mass is 9.86. The highest BCUT2D eigenvalue weighted by atomic mass is 15.2. The van der Waals surface area contributed by atoms with Crippen LogP contribution in [0.15, 0.2) is 309 Å². The Balaban J connectivity index is 0.996. The van der Waals surface area contributed by atoms with Gasteiger partial charge in [0.15, 0.2) is 0 Å². The molecule has 0 saturated heterocycles. The van der Waals surface area contributed by atoms with E-state index in [1.165, 1.54) is 38.9 Å². The molecule has 12 rings (SSSR count). The van der Waals surface area contributed by atoms with Gasteiger partial charge in [-0.05, 0) is 182 Å². The summed E-state index contributed by atoms with van der Waals surface area (Å²) in [6.45, 7) is 6.61. The molecule has 3 nitrogen and oxygen atoms in total. The molecule has 0 bridgehead atoms. The first-order valence-electron chi connectivity index (χ1n) is 28.2. The van der Waals surface area contributed by atoms with Crippen LogP contribution in [-0.4, -0.2) is 0 Å². The highest BCUT2D eigenvalue weighted by Gasteiger charge is 2.25. The van der Waals surface area contributed by atoms with Crippen molar-refractivity contribution in [3.8, 4) is 33.4 Å². The molecule has 0 N–H and O–H groups in total. The van der Waals surface area contributed by atoms with Crippen LogP contribution in [0.2, 0.25) is 0 Å². The molecule has 81 heavy (non-hydrogen) atoms. The number of para-hydroxylation sites is 4. The predicted octanol–water partition coefficient (Wildman–Crippen LogP) is 21.6. The van der Waals surface area contributed by atoms with Gasteiger partial charge in [-0.3, -0.25) is 0 Å². The molecule has 0 spiro atoms. The van der Waals surface area contributed by atoms with E-state index >= 15 is 0 Å². The molecule has 0 saturated carbocycles. The standard InChI is InChI=1S/C78H65N3/c1-57-34-49-76(73(52-57)63-39-37-61(38-40-63)56-66(62-24-12-5-13-25-62)55-60-22-10-4-11-23-60)81(77-50-35-58(2)53-74(77)64-41-45-71(46-42-64)79(67-26-14-6-15-27-67)68-28-16-7-17-29-68)78-51-36-59(3)54-75(78)65-43-47-72(48-44-65)80(69-30-18-8-19-31-69)70-32-20-9-21-33-70/h4-54,66H,55-56H2,1-3H3. The molecule has 1 unspecified atom stereocenters. The molecule has 0 amide bonds. The molecule has 1 atom stereocenters. The van der Waals surface area contributed by atoms with Crippen molar-refractivity contribution in [3.05, 3.63) is 343 Å². The van der Waals surface area contributed by atoms with Crippen molar-refractivity contribution < 1.29 is 0 Å². The lowest BCUT2D eigenvalue weighted by molar-refractivity contribution is 0.680. The second-order valence-corrected chi connectivity index (χ2v) is 21.2. The lowest BCUT2D eigenvalue weighted by Gasteiger charge is -2.32. The van der Waals surface area contributed by atoms with Crippen molar-refractivity contribution in [2.24, 2.45) is 0 Å². The van der Waals surface area contributed by atoms with E-state index in [-0.39, 0.29) is 0 Å². The molecular weight excluding hydrogens is 979 g/mol. The Morgan fingerprint density at radius 2 is 0.519 bits per heavy atom. The van der Waals surface area contributed by atoms with E-state index in [1.54, 1.807) is 0 Å². The average Bonchev–Trinajstić information content (AvgIpc) is 3.61. The first kappa shape index (κ1) is 51.8. The summed E-state index contributed by atoms with van der Waals surface area (Å²) < 4.78 is 0. The van der Waals surface area contributed by atoms with Crippen LogP contribution in [-0.2, 0) is 12.8 Å². The minimum atomic E-state index is 0.340. The fourth-order valence-electron chi connectivity index (χ4n) is 11.4. The van der Waals surface area contributed by atoms with Crippen molar-refractivity contribution in [2.75, 3.05) is 14.7 Å². The van der Waals surface area contributed by atoms with Gasteiger partial charge in [0.1, 0.15) is 0 Å². The van der Waals surface area contributed by atoms with Gasteiger partial charge in [-0.15, -0.1) is 0 Å². The Bertz CT molecular complexity index is 3720. The van der Waals surface area contributed by atoms with Crippen LogP contribution in [0.1, 0.15) is 39.3 Å². The highest BCUT2D eigenvalue weighted by molar-refractivity contribution is 5.98. The van der Waals surface area contributed by atoms with E-state index in [0.717, 1.165) is 91.8 Å². The van der Waals surface area contributed by atoms with Crippen LogP contribution >= 0.6 is 0 Å². The van der Waals surface area contributed by atoms with Crippen molar-refractivity contribution in [1.29, 1.82) is 0 Å². The maximum atomic E-state index is 2.53. The van der Waals surface area contributed by atoms with E-state index in [9.17, 15) is 0 Å². The predicted molar refractivity (Wildman–Crippen MR) is 344 cm³/mol. The van der Waals surface area contributed by atoms with Crippen LogP contribution in [0.4, 0.5) is 51.2 Å². The summed E-state index contributed by atoms with van der Waals surface area (Å²) in [5.41, 5.74) is 24.4. The van der Waals surface area contributed by atoms with E-state index < -0.39 is 0 Å². The summed E-state index contributed by atoms with van der Waals surface area (Å²) in [5, 5.41) is 0. The van der Waals surface area contributed by atoms with Crippen molar-refractivity contribution in [3.63, 3.8) is 0 Å². The minimum absolute atomic E-state index is 0.340. The third-order valence-corrected chi connectivity index (χ3v) is 15.5. The van der Waals surface area contributed by atoms with Gasteiger partial charge in [0, 0.05) is 50.8 Å². The summed E-state index contributed by atoms with van der Waals surface area (Å²) in [6, 6.07) is 113. The molecule has 0 aliphatic heterocycles. The second-order valence-electron chi connectivity index (χ2n) is 21.2. The number of hydrogen-bond acceptors (Lipinski definition) is 3. The van der Waals surface area contributed by atoms with Gasteiger partial charge >= 0.3 is 0 Å². The molecule has 0 aliphatic carbocycles. The third kappa shape index (κ3) is 11.6. The molecular formula is C78H65N3. The Labute approximate surface area is 479 Å². The van der Waals surface area contributed by atoms with Gasteiger partial charge < -0.3 is 14.7 Å². The molecule has 0 fully saturated rings. The summed E-state index contributed by atoms with van der Waals surface area (Å²) >= 11 is 0. The summed E-state index contributed by atoms with van der Waals surface area (Å²) in [6.07, 6.45) is 1.91. The van der Waals surface area contributed by atoms with Gasteiger partial charge in [0.05, 0.1) is 17.1 Å². The number of hydrogen-bond donors (Lipinski definition) is 0. The maximum absolute atomic E-state index is 2.53. The van der Waals surface area contributed by atoms with E-state index in [2.05, 4.69) is 345 Å². The summed E-state index contributed by atoms with van der Waals surface area (Å²) in [5.74, 6) is 0.340. The quantitative estimate of drug-likeness (QED) is 0.0900. The number of aryl methyl sites for hydroxylation is 3. The Morgan fingerprint density at radius 3 is 0.852 bits per heavy atom. The number of anilines is 9. The molecule has 3 heteroatoms. The topological polar surface area (TPSA) is 9.72 Å². The van der Waals surface area contributed by atoms with Crippen molar-refractivity contribution in [1.82, 2.24) is 0 Å². The van der Waals surface area contributed by atoms with Gasteiger partial charge in [0.2, 0.25) is 0 Å². The zero-order valence-electron chi connectivity index (χ0n) is 46.3. The largest absolute Gasteiger partial charge is 0.311 e. The molecule has 12 aromatic rings. The van der Waals surface area contributed by atoms with Gasteiger partial charge in [-0.2, -0.15) is 0 Å². The zero-order chi connectivity index (χ0) is 54.9. The van der Waals surface area contributed by atoms with Gasteiger partial charge in [0.25, 0.3) is 0 Å². The number of rotatable bonds is 17. The van der Waals surface area contributed by atoms with Crippen LogP contribution in [0, 0.1) is 20.8 Å². The zero-order valence-corrected chi connectivity index (χ0v) is 46.3. The smallest absolute Gasteiger partial charge is 0.0540 e. The number of nitrogens with zero attached hydrogens (tertiary/aromatic N) is 3. The lowest BCUT2D eigenvalue weighted by Crippen LogP contribution is -2.14. The van der Waals surface area contributed by atoms with E-state index in [0.29, 0.717) is 5.92 Å². The molecule has 12 aromatic carbocycles. The second kappa shape index (κ2) is 24.0. The summed E-state index contributed by atoms with van der Waals surface area (Å²) in [4.78, 5) is 7.18.